The third-order valence-electron chi connectivity index (χ3n) is 6.94. The van der Waals surface area contributed by atoms with Crippen molar-refractivity contribution in [3.05, 3.63) is 78.1 Å². The summed E-state index contributed by atoms with van der Waals surface area (Å²) in [6.45, 7) is 3.57. The van der Waals surface area contributed by atoms with Gasteiger partial charge in [0.1, 0.15) is 18.0 Å². The van der Waals surface area contributed by atoms with Crippen molar-refractivity contribution in [1.29, 1.82) is 0 Å². The van der Waals surface area contributed by atoms with Crippen molar-refractivity contribution in [1.82, 2.24) is 30.0 Å². The second kappa shape index (κ2) is 9.07. The van der Waals surface area contributed by atoms with Gasteiger partial charge in [0.15, 0.2) is 5.65 Å². The quantitative estimate of drug-likeness (QED) is 0.389. The van der Waals surface area contributed by atoms with Gasteiger partial charge in [0, 0.05) is 42.9 Å². The van der Waals surface area contributed by atoms with Crippen LogP contribution in [0, 0.1) is 18.7 Å². The number of rotatable bonds is 5. The molecule has 5 aromatic rings. The van der Waals surface area contributed by atoms with Crippen LogP contribution in [0.3, 0.4) is 0 Å². The Morgan fingerprint density at radius 3 is 2.97 bits per heavy atom. The summed E-state index contributed by atoms with van der Waals surface area (Å²) in [5.41, 5.74) is 3.87. The molecule has 8 nitrogen and oxygen atoms in total. The fraction of sp³-hybridized carbons (Fsp3) is 0.259. The maximum absolute atomic E-state index is 14.1. The zero-order valence-electron chi connectivity index (χ0n) is 19.9. The Hall–Kier alpha value is -4.27. The number of nitrogens with one attached hydrogen (secondary N) is 2. The summed E-state index contributed by atoms with van der Waals surface area (Å²) in [5.74, 6) is 0.361. The summed E-state index contributed by atoms with van der Waals surface area (Å²) in [7, 11) is 0. The summed E-state index contributed by atoms with van der Waals surface area (Å²) in [4.78, 5) is 27.3. The molecule has 1 fully saturated rings. The van der Waals surface area contributed by atoms with Crippen molar-refractivity contribution in [2.75, 3.05) is 18.0 Å². The van der Waals surface area contributed by atoms with E-state index in [1.807, 2.05) is 36.7 Å². The lowest BCUT2D eigenvalue weighted by molar-refractivity contribution is -0.125. The van der Waals surface area contributed by atoms with Gasteiger partial charge in [-0.05, 0) is 49.1 Å². The molecule has 0 aliphatic carbocycles. The highest BCUT2D eigenvalue weighted by atomic mass is 19.1. The highest BCUT2D eigenvalue weighted by Crippen LogP contribution is 2.28. The Kier molecular flexibility index (Phi) is 5.59. The number of halogens is 1. The van der Waals surface area contributed by atoms with E-state index in [4.69, 9.17) is 0 Å². The number of nitrogens with zero attached hydrogens (tertiary/aromatic N) is 5. The van der Waals surface area contributed by atoms with Crippen LogP contribution < -0.4 is 10.2 Å². The van der Waals surface area contributed by atoms with Crippen LogP contribution in [0.2, 0.25) is 0 Å². The van der Waals surface area contributed by atoms with Gasteiger partial charge in [0.25, 0.3) is 0 Å². The average molecular weight is 484 g/mol. The van der Waals surface area contributed by atoms with Gasteiger partial charge in [-0.2, -0.15) is 0 Å². The predicted molar refractivity (Wildman–Crippen MR) is 136 cm³/mol. The average Bonchev–Trinajstić information content (AvgIpc) is 3.53. The second-order valence-corrected chi connectivity index (χ2v) is 9.30. The molecule has 3 aromatic heterocycles. The third kappa shape index (κ3) is 4.06. The van der Waals surface area contributed by atoms with Gasteiger partial charge in [0.05, 0.1) is 17.0 Å². The Labute approximate surface area is 207 Å². The van der Waals surface area contributed by atoms with E-state index in [1.165, 1.54) is 12.4 Å². The summed E-state index contributed by atoms with van der Waals surface area (Å²) < 4.78 is 15.7. The minimum absolute atomic E-state index is 0.0427. The van der Waals surface area contributed by atoms with Crippen LogP contribution in [0.5, 0.6) is 0 Å². The van der Waals surface area contributed by atoms with Gasteiger partial charge in [-0.15, -0.1) is 5.10 Å². The summed E-state index contributed by atoms with van der Waals surface area (Å²) in [5, 5.41) is 9.56. The topological polar surface area (TPSA) is 91.7 Å². The molecule has 0 saturated carbocycles. The SMILES string of the molecule is Cc1ccc(-n2cc3c(N4CCC[C@H](C(=O)NCc5c[nH]c6ccccc56)C4)ncnc3n2)cc1F. The van der Waals surface area contributed by atoms with E-state index in [0.717, 1.165) is 47.1 Å². The van der Waals surface area contributed by atoms with Gasteiger partial charge < -0.3 is 15.2 Å². The number of benzene rings is 2. The first-order valence-electron chi connectivity index (χ1n) is 12.1. The highest BCUT2D eigenvalue weighted by molar-refractivity contribution is 5.88. The van der Waals surface area contributed by atoms with Crippen molar-refractivity contribution in [3.63, 3.8) is 0 Å². The standard InChI is InChI=1S/C27H26FN7O/c1-17-8-9-20(11-23(17)28)35-15-22-25(33-35)31-16-32-26(22)34-10-4-5-18(14-34)27(36)30-13-19-12-29-24-7-3-2-6-21(19)24/h2-3,6-9,11-12,15-16,18,29H,4-5,10,13-14H2,1H3,(H,30,36)/t18-/m0/s1. The molecule has 1 aliphatic heterocycles. The maximum Gasteiger partial charge on any atom is 0.225 e. The Morgan fingerprint density at radius 1 is 1.19 bits per heavy atom. The molecule has 1 saturated heterocycles. The van der Waals surface area contributed by atoms with E-state index in [1.54, 1.807) is 17.7 Å². The summed E-state index contributed by atoms with van der Waals surface area (Å²) >= 11 is 0. The van der Waals surface area contributed by atoms with Crippen molar-refractivity contribution in [2.45, 2.75) is 26.3 Å². The molecule has 1 amide bonds. The minimum Gasteiger partial charge on any atom is -0.361 e. The maximum atomic E-state index is 14.1. The molecule has 0 radical (unpaired) electrons. The van der Waals surface area contributed by atoms with E-state index in [2.05, 4.69) is 36.3 Å². The van der Waals surface area contributed by atoms with Crippen molar-refractivity contribution < 1.29 is 9.18 Å². The van der Waals surface area contributed by atoms with E-state index < -0.39 is 0 Å². The number of para-hydroxylation sites is 1. The Bertz CT molecular complexity index is 1570. The molecular formula is C27H26FN7O. The van der Waals surface area contributed by atoms with E-state index >= 15 is 0 Å². The number of aromatic amines is 1. The lowest BCUT2D eigenvalue weighted by atomic mass is 9.97. The van der Waals surface area contributed by atoms with Crippen molar-refractivity contribution >= 4 is 33.7 Å². The van der Waals surface area contributed by atoms with Crippen LogP contribution in [0.15, 0.2) is 61.2 Å². The van der Waals surface area contributed by atoms with Gasteiger partial charge in [-0.25, -0.2) is 19.0 Å². The zero-order chi connectivity index (χ0) is 24.6. The van der Waals surface area contributed by atoms with Crippen molar-refractivity contribution in [2.24, 2.45) is 5.92 Å². The molecule has 1 atom stereocenters. The summed E-state index contributed by atoms with van der Waals surface area (Å²) in [6.07, 6.45) is 6.98. The number of H-pyrrole nitrogens is 1. The van der Waals surface area contributed by atoms with Crippen LogP contribution in [0.4, 0.5) is 10.2 Å². The van der Waals surface area contributed by atoms with Crippen LogP contribution in [0.1, 0.15) is 24.0 Å². The van der Waals surface area contributed by atoms with Crippen molar-refractivity contribution in [3.8, 4) is 5.69 Å². The van der Waals surface area contributed by atoms with E-state index in [0.29, 0.717) is 30.0 Å². The molecule has 2 aromatic carbocycles. The van der Waals surface area contributed by atoms with Crippen LogP contribution in [-0.2, 0) is 11.3 Å². The summed E-state index contributed by atoms with van der Waals surface area (Å²) in [6, 6.07) is 13.1. The first kappa shape index (κ1) is 22.2. The molecule has 1 aliphatic rings. The fourth-order valence-corrected chi connectivity index (χ4v) is 4.92. The lowest BCUT2D eigenvalue weighted by Gasteiger charge is -2.33. The predicted octanol–water partition coefficient (Wildman–Crippen LogP) is 4.28. The molecule has 6 rings (SSSR count). The Balaban J connectivity index is 1.20. The molecule has 0 unspecified atom stereocenters. The van der Waals surface area contributed by atoms with Gasteiger partial charge >= 0.3 is 0 Å². The molecule has 4 heterocycles. The number of hydrogen-bond acceptors (Lipinski definition) is 5. The molecule has 0 spiro atoms. The third-order valence-corrected chi connectivity index (χ3v) is 6.94. The van der Waals surface area contributed by atoms with E-state index in [9.17, 15) is 9.18 Å². The fourth-order valence-electron chi connectivity index (χ4n) is 4.92. The number of amides is 1. The van der Waals surface area contributed by atoms with Crippen LogP contribution >= 0.6 is 0 Å². The number of carbonyl (C=O) groups excluding carboxylic acids is 1. The lowest BCUT2D eigenvalue weighted by Crippen LogP contribution is -2.43. The zero-order valence-corrected chi connectivity index (χ0v) is 19.9. The van der Waals surface area contributed by atoms with Crippen LogP contribution in [0.25, 0.3) is 27.6 Å². The van der Waals surface area contributed by atoms with Gasteiger partial charge in [-0.1, -0.05) is 24.3 Å². The first-order valence-corrected chi connectivity index (χ1v) is 12.1. The van der Waals surface area contributed by atoms with Gasteiger partial charge in [-0.3, -0.25) is 4.79 Å². The largest absolute Gasteiger partial charge is 0.361 e. The van der Waals surface area contributed by atoms with Crippen LogP contribution in [-0.4, -0.2) is 43.7 Å². The monoisotopic (exact) mass is 483 g/mol. The number of fused-ring (bicyclic) bond motifs is 2. The number of piperidine rings is 1. The first-order chi connectivity index (χ1) is 17.6. The number of hydrogen-bond donors (Lipinski definition) is 2. The van der Waals surface area contributed by atoms with E-state index in [-0.39, 0.29) is 17.6 Å². The molecule has 36 heavy (non-hydrogen) atoms. The Morgan fingerprint density at radius 2 is 2.08 bits per heavy atom. The smallest absolute Gasteiger partial charge is 0.225 e. The molecule has 2 N–H and O–H groups in total. The number of carbonyl (C=O) groups is 1. The number of anilines is 1. The molecule has 0 bridgehead atoms. The number of aryl methyl sites for hydroxylation is 1. The normalized spacial score (nSPS) is 16.1. The molecular weight excluding hydrogens is 457 g/mol. The second-order valence-electron chi connectivity index (χ2n) is 9.30. The molecule has 9 heteroatoms. The minimum atomic E-state index is -0.282. The number of aromatic nitrogens is 5. The van der Waals surface area contributed by atoms with Gasteiger partial charge in [0.2, 0.25) is 5.91 Å². The highest BCUT2D eigenvalue weighted by Gasteiger charge is 2.28. The molecule has 182 valence electrons.